The van der Waals surface area contributed by atoms with Crippen LogP contribution in [-0.4, -0.2) is 16.3 Å². The van der Waals surface area contributed by atoms with E-state index in [1.54, 1.807) is 18.6 Å². The first-order chi connectivity index (χ1) is 8.16. The van der Waals surface area contributed by atoms with Gasteiger partial charge >= 0.3 is 0 Å². The summed E-state index contributed by atoms with van der Waals surface area (Å²) in [7, 11) is 0. The van der Waals surface area contributed by atoms with Crippen LogP contribution in [0, 0.1) is 7.14 Å². The van der Waals surface area contributed by atoms with Crippen LogP contribution in [0.25, 0.3) is 0 Å². The maximum Gasteiger partial charge on any atom is 0.137 e. The number of hydrogen-bond acceptors (Lipinski definition) is 3. The molecule has 17 heavy (non-hydrogen) atoms. The van der Waals surface area contributed by atoms with E-state index in [0.717, 1.165) is 12.8 Å². The summed E-state index contributed by atoms with van der Waals surface area (Å²) in [4.78, 5) is 8.24. The van der Waals surface area contributed by atoms with Crippen LogP contribution in [0.1, 0.15) is 5.56 Å². The number of phenols is 1. The Morgan fingerprint density at radius 1 is 1.29 bits per heavy atom. The number of pyridine rings is 1. The molecule has 5 heteroatoms. The lowest BCUT2D eigenvalue weighted by atomic mass is 10.2. The molecule has 0 radical (unpaired) electrons. The smallest absolute Gasteiger partial charge is 0.137 e. The molecule has 0 saturated carbocycles. The van der Waals surface area contributed by atoms with Crippen molar-refractivity contribution in [3.05, 3.63) is 49.4 Å². The van der Waals surface area contributed by atoms with Crippen LogP contribution in [0.4, 0.5) is 5.69 Å². The standard InChI is InChI=1S/C12H8I2N2O/c13-9-4-8(12(17)11(14)5-9)6-16-10-2-1-3-15-7-10/h1-7,17H. The van der Waals surface area contributed by atoms with Crippen LogP contribution in [-0.2, 0) is 0 Å². The molecule has 2 rings (SSSR count). The van der Waals surface area contributed by atoms with E-state index in [1.807, 2.05) is 24.3 Å². The Balaban J connectivity index is 2.33. The Hall–Kier alpha value is -0.700. The van der Waals surface area contributed by atoms with Gasteiger partial charge in [0.1, 0.15) is 5.75 Å². The molecule has 1 N–H and O–H groups in total. The number of rotatable bonds is 2. The van der Waals surface area contributed by atoms with Gasteiger partial charge in [-0.1, -0.05) is 0 Å². The molecule has 0 aliphatic rings. The zero-order chi connectivity index (χ0) is 12.3. The highest BCUT2D eigenvalue weighted by molar-refractivity contribution is 14.1. The number of nitrogens with zero attached hydrogens (tertiary/aromatic N) is 2. The molecule has 0 spiro atoms. The molecule has 2 aromatic rings. The molecule has 0 bridgehead atoms. The number of phenolic OH excluding ortho intramolecular Hbond substituents is 1. The zero-order valence-corrected chi connectivity index (χ0v) is 13.0. The van der Waals surface area contributed by atoms with Gasteiger partial charge in [0, 0.05) is 21.5 Å². The van der Waals surface area contributed by atoms with Gasteiger partial charge < -0.3 is 5.11 Å². The van der Waals surface area contributed by atoms with Crippen molar-refractivity contribution < 1.29 is 5.11 Å². The Kier molecular flexibility index (Phi) is 4.32. The Morgan fingerprint density at radius 2 is 2.12 bits per heavy atom. The van der Waals surface area contributed by atoms with E-state index in [2.05, 4.69) is 55.2 Å². The minimum absolute atomic E-state index is 0.263. The minimum Gasteiger partial charge on any atom is -0.506 e. The van der Waals surface area contributed by atoms with Crippen LogP contribution < -0.4 is 0 Å². The molecule has 86 valence electrons. The monoisotopic (exact) mass is 450 g/mol. The van der Waals surface area contributed by atoms with Crippen molar-refractivity contribution in [1.29, 1.82) is 0 Å². The van der Waals surface area contributed by atoms with Crippen LogP contribution in [0.5, 0.6) is 5.75 Å². The second kappa shape index (κ2) is 5.76. The number of aromatic nitrogens is 1. The quantitative estimate of drug-likeness (QED) is 0.560. The number of benzene rings is 1. The molecule has 1 aromatic carbocycles. The Labute approximate surface area is 126 Å². The molecule has 0 atom stereocenters. The van der Waals surface area contributed by atoms with E-state index in [1.165, 1.54) is 0 Å². The van der Waals surface area contributed by atoms with E-state index in [4.69, 9.17) is 0 Å². The Morgan fingerprint density at radius 3 is 2.82 bits per heavy atom. The first kappa shape index (κ1) is 12.7. The molecule has 0 aliphatic heterocycles. The van der Waals surface area contributed by atoms with Crippen molar-refractivity contribution >= 4 is 57.1 Å². The number of hydrogen-bond donors (Lipinski definition) is 1. The van der Waals surface area contributed by atoms with Crippen LogP contribution in [0.3, 0.4) is 0 Å². The summed E-state index contributed by atoms with van der Waals surface area (Å²) in [6, 6.07) is 7.49. The van der Waals surface area contributed by atoms with Gasteiger partial charge in [-0.2, -0.15) is 0 Å². The van der Waals surface area contributed by atoms with Gasteiger partial charge in [0.2, 0.25) is 0 Å². The molecule has 3 nitrogen and oxygen atoms in total. The molecule has 1 aromatic heterocycles. The summed E-state index contributed by atoms with van der Waals surface area (Å²) in [5, 5.41) is 9.88. The van der Waals surface area contributed by atoms with Crippen LogP contribution >= 0.6 is 45.2 Å². The summed E-state index contributed by atoms with van der Waals surface area (Å²) in [6.45, 7) is 0. The van der Waals surface area contributed by atoms with Crippen molar-refractivity contribution in [3.8, 4) is 5.75 Å². The van der Waals surface area contributed by atoms with Crippen molar-refractivity contribution in [1.82, 2.24) is 4.98 Å². The second-order valence-corrected chi connectivity index (χ2v) is 5.70. The van der Waals surface area contributed by atoms with Crippen LogP contribution in [0.2, 0.25) is 0 Å². The molecular weight excluding hydrogens is 442 g/mol. The SMILES string of the molecule is Oc1c(I)cc(I)cc1C=Nc1cccnc1. The number of halogens is 2. The van der Waals surface area contributed by atoms with Crippen LogP contribution in [0.15, 0.2) is 41.7 Å². The number of aromatic hydroxyl groups is 1. The average molecular weight is 450 g/mol. The van der Waals surface area contributed by atoms with Gasteiger partial charge in [0.25, 0.3) is 0 Å². The highest BCUT2D eigenvalue weighted by atomic mass is 127. The third-order valence-electron chi connectivity index (χ3n) is 2.06. The van der Waals surface area contributed by atoms with Gasteiger partial charge in [-0.15, -0.1) is 0 Å². The van der Waals surface area contributed by atoms with Crippen molar-refractivity contribution in [3.63, 3.8) is 0 Å². The summed E-state index contributed by atoms with van der Waals surface area (Å²) >= 11 is 4.31. The first-order valence-electron chi connectivity index (χ1n) is 4.79. The molecule has 0 unspecified atom stereocenters. The van der Waals surface area contributed by atoms with E-state index >= 15 is 0 Å². The highest BCUT2D eigenvalue weighted by Crippen LogP contribution is 2.26. The van der Waals surface area contributed by atoms with E-state index in [-0.39, 0.29) is 5.75 Å². The third kappa shape index (κ3) is 3.38. The molecule has 0 fully saturated rings. The zero-order valence-electron chi connectivity index (χ0n) is 8.64. The molecule has 0 saturated heterocycles. The summed E-state index contributed by atoms with van der Waals surface area (Å²) in [5.41, 5.74) is 1.48. The van der Waals surface area contributed by atoms with Gasteiger partial charge in [0.05, 0.1) is 15.5 Å². The highest BCUT2D eigenvalue weighted by Gasteiger charge is 2.04. The maximum absolute atomic E-state index is 9.88. The van der Waals surface area contributed by atoms with E-state index in [0.29, 0.717) is 5.56 Å². The molecule has 0 aliphatic carbocycles. The van der Waals surface area contributed by atoms with Crippen molar-refractivity contribution in [2.75, 3.05) is 0 Å². The van der Waals surface area contributed by atoms with Crippen molar-refractivity contribution in [2.24, 2.45) is 4.99 Å². The fourth-order valence-corrected chi connectivity index (χ4v) is 3.15. The lowest BCUT2D eigenvalue weighted by Gasteiger charge is -2.02. The molecule has 0 amide bonds. The topological polar surface area (TPSA) is 45.5 Å². The summed E-state index contributed by atoms with van der Waals surface area (Å²) in [6.07, 6.45) is 5.02. The maximum atomic E-state index is 9.88. The molecule has 1 heterocycles. The first-order valence-corrected chi connectivity index (χ1v) is 6.94. The fourth-order valence-electron chi connectivity index (χ4n) is 1.26. The third-order valence-corrected chi connectivity index (χ3v) is 3.50. The van der Waals surface area contributed by atoms with E-state index < -0.39 is 0 Å². The normalized spacial score (nSPS) is 10.9. The Bertz CT molecular complexity index is 556. The van der Waals surface area contributed by atoms with Gasteiger partial charge in [0.15, 0.2) is 0 Å². The summed E-state index contributed by atoms with van der Waals surface area (Å²) in [5.74, 6) is 0.263. The predicted octanol–water partition coefficient (Wildman–Crippen LogP) is 3.75. The van der Waals surface area contributed by atoms with Gasteiger partial charge in [-0.05, 0) is 69.4 Å². The fraction of sp³-hybridized carbons (Fsp3) is 0. The lowest BCUT2D eigenvalue weighted by Crippen LogP contribution is -1.87. The minimum atomic E-state index is 0.263. The van der Waals surface area contributed by atoms with Gasteiger partial charge in [-0.25, -0.2) is 0 Å². The van der Waals surface area contributed by atoms with E-state index in [9.17, 15) is 5.11 Å². The molecular formula is C12H8I2N2O. The van der Waals surface area contributed by atoms with Gasteiger partial charge in [-0.3, -0.25) is 9.98 Å². The second-order valence-electron chi connectivity index (χ2n) is 3.29. The largest absolute Gasteiger partial charge is 0.506 e. The lowest BCUT2D eigenvalue weighted by molar-refractivity contribution is 0.470. The number of aliphatic imine (C=N–C) groups is 1. The average Bonchev–Trinajstić information content (AvgIpc) is 2.33. The predicted molar refractivity (Wildman–Crippen MR) is 85.0 cm³/mol. The van der Waals surface area contributed by atoms with Crippen molar-refractivity contribution in [2.45, 2.75) is 0 Å². The summed E-state index contributed by atoms with van der Waals surface area (Å²) < 4.78 is 1.89.